The number of alkyl halides is 1. The highest BCUT2D eigenvalue weighted by molar-refractivity contribution is 6.17. The molecule has 0 saturated heterocycles. The van der Waals surface area contributed by atoms with Gasteiger partial charge in [-0.15, -0.1) is 11.6 Å². The Hall–Kier alpha value is -1.62. The van der Waals surface area contributed by atoms with Crippen LogP contribution in [0, 0.1) is 16.0 Å². The van der Waals surface area contributed by atoms with Crippen molar-refractivity contribution in [1.29, 1.82) is 0 Å². The Balaban J connectivity index is 2.61. The van der Waals surface area contributed by atoms with E-state index in [0.29, 0.717) is 23.9 Å². The van der Waals surface area contributed by atoms with Gasteiger partial charge >= 0.3 is 0 Å². The molecule has 0 bridgehead atoms. The highest BCUT2D eigenvalue weighted by Crippen LogP contribution is 2.14. The first kappa shape index (κ1) is 16.4. The number of carbonyl (C=O) groups excluding carboxylic acids is 1. The van der Waals surface area contributed by atoms with Gasteiger partial charge in [-0.05, 0) is 24.8 Å². The molecule has 0 aliphatic rings. The molecule has 1 aromatic carbocycles. The summed E-state index contributed by atoms with van der Waals surface area (Å²) in [4.78, 5) is 22.1. The van der Waals surface area contributed by atoms with Gasteiger partial charge in [-0.3, -0.25) is 14.9 Å². The fourth-order valence-electron chi connectivity index (χ4n) is 2.01. The van der Waals surface area contributed by atoms with E-state index in [1.165, 1.54) is 18.2 Å². The van der Waals surface area contributed by atoms with Crippen molar-refractivity contribution in [1.82, 2.24) is 5.32 Å². The number of nitrogens with one attached hydrogen (secondary N) is 1. The quantitative estimate of drug-likeness (QED) is 0.454. The number of amides is 1. The summed E-state index contributed by atoms with van der Waals surface area (Å²) in [7, 11) is 0. The van der Waals surface area contributed by atoms with Crippen LogP contribution in [-0.2, 0) is 0 Å². The fraction of sp³-hybridized carbons (Fsp3) is 0.500. The number of carbonyl (C=O) groups is 1. The molecular formula is C14H19ClN2O3. The Kier molecular flexibility index (Phi) is 7.01. The van der Waals surface area contributed by atoms with Crippen LogP contribution in [0.2, 0.25) is 0 Å². The summed E-state index contributed by atoms with van der Waals surface area (Å²) in [6.07, 6.45) is 2.89. The van der Waals surface area contributed by atoms with Crippen LogP contribution in [0.1, 0.15) is 36.5 Å². The number of nitro benzene ring substituents is 1. The largest absolute Gasteiger partial charge is 0.352 e. The van der Waals surface area contributed by atoms with E-state index in [0.717, 1.165) is 19.3 Å². The first-order valence-corrected chi connectivity index (χ1v) is 7.20. The van der Waals surface area contributed by atoms with Gasteiger partial charge in [0.05, 0.1) is 4.92 Å². The summed E-state index contributed by atoms with van der Waals surface area (Å²) >= 11 is 5.73. The van der Waals surface area contributed by atoms with Crippen LogP contribution in [0.25, 0.3) is 0 Å². The molecule has 0 heterocycles. The maximum atomic E-state index is 12.0. The van der Waals surface area contributed by atoms with Crippen molar-refractivity contribution in [3.63, 3.8) is 0 Å². The lowest BCUT2D eigenvalue weighted by Gasteiger charge is -2.15. The van der Waals surface area contributed by atoms with Gasteiger partial charge in [-0.2, -0.15) is 0 Å². The second-order valence-corrected chi connectivity index (χ2v) is 5.03. The smallest absolute Gasteiger partial charge is 0.270 e. The van der Waals surface area contributed by atoms with Gasteiger partial charge in [0.25, 0.3) is 11.6 Å². The fourth-order valence-corrected chi connectivity index (χ4v) is 2.32. The maximum Gasteiger partial charge on any atom is 0.270 e. The van der Waals surface area contributed by atoms with Crippen LogP contribution in [0.5, 0.6) is 0 Å². The van der Waals surface area contributed by atoms with Crippen LogP contribution in [-0.4, -0.2) is 23.3 Å². The highest BCUT2D eigenvalue weighted by atomic mass is 35.5. The lowest BCUT2D eigenvalue weighted by Crippen LogP contribution is -2.29. The molecular weight excluding hydrogens is 280 g/mol. The van der Waals surface area contributed by atoms with Gasteiger partial charge in [0.1, 0.15) is 0 Å². The second kappa shape index (κ2) is 8.53. The molecule has 0 aromatic heterocycles. The number of non-ortho nitro benzene ring substituents is 1. The van der Waals surface area contributed by atoms with E-state index in [1.54, 1.807) is 6.07 Å². The highest BCUT2D eigenvalue weighted by Gasteiger charge is 2.13. The zero-order valence-corrected chi connectivity index (χ0v) is 12.2. The third kappa shape index (κ3) is 5.17. The standard InChI is InChI=1S/C14H19ClN2O3/c1-2-4-11(7-8-15)10-16-14(18)12-5-3-6-13(9-12)17(19)20/h3,5-6,9,11H,2,4,7-8,10H2,1H3,(H,16,18). The van der Waals surface area contributed by atoms with Crippen LogP contribution in [0.4, 0.5) is 5.69 Å². The molecule has 5 nitrogen and oxygen atoms in total. The number of nitrogens with zero attached hydrogens (tertiary/aromatic N) is 1. The predicted octanol–water partition coefficient (Wildman–Crippen LogP) is 3.37. The summed E-state index contributed by atoms with van der Waals surface area (Å²) < 4.78 is 0. The van der Waals surface area contributed by atoms with E-state index in [2.05, 4.69) is 12.2 Å². The van der Waals surface area contributed by atoms with E-state index < -0.39 is 4.92 Å². The summed E-state index contributed by atoms with van der Waals surface area (Å²) in [5, 5.41) is 13.5. The Morgan fingerprint density at radius 3 is 2.80 bits per heavy atom. The minimum Gasteiger partial charge on any atom is -0.352 e. The van der Waals surface area contributed by atoms with Gasteiger partial charge in [0.2, 0.25) is 0 Å². The number of benzene rings is 1. The third-order valence-corrected chi connectivity index (χ3v) is 3.30. The summed E-state index contributed by atoms with van der Waals surface area (Å²) in [5.41, 5.74) is 0.226. The van der Waals surface area contributed by atoms with E-state index in [4.69, 9.17) is 11.6 Å². The zero-order valence-electron chi connectivity index (χ0n) is 11.5. The molecule has 0 spiro atoms. The number of nitro groups is 1. The molecule has 0 aliphatic heterocycles. The number of hydrogen-bond acceptors (Lipinski definition) is 3. The topological polar surface area (TPSA) is 72.2 Å². The summed E-state index contributed by atoms with van der Waals surface area (Å²) in [6.45, 7) is 2.63. The summed E-state index contributed by atoms with van der Waals surface area (Å²) in [6, 6.07) is 5.73. The van der Waals surface area contributed by atoms with E-state index in [9.17, 15) is 14.9 Å². The van der Waals surface area contributed by atoms with Gasteiger partial charge in [0.15, 0.2) is 0 Å². The van der Waals surface area contributed by atoms with Crippen molar-refractivity contribution in [2.24, 2.45) is 5.92 Å². The third-order valence-electron chi connectivity index (χ3n) is 3.08. The number of rotatable bonds is 8. The van der Waals surface area contributed by atoms with Crippen molar-refractivity contribution >= 4 is 23.2 Å². The summed E-state index contributed by atoms with van der Waals surface area (Å²) in [5.74, 6) is 0.627. The van der Waals surface area contributed by atoms with Crippen LogP contribution < -0.4 is 5.32 Å². The lowest BCUT2D eigenvalue weighted by molar-refractivity contribution is -0.384. The second-order valence-electron chi connectivity index (χ2n) is 4.65. The van der Waals surface area contributed by atoms with E-state index in [1.807, 2.05) is 0 Å². The van der Waals surface area contributed by atoms with Crippen molar-refractivity contribution in [2.45, 2.75) is 26.2 Å². The van der Waals surface area contributed by atoms with Crippen LogP contribution in [0.15, 0.2) is 24.3 Å². The molecule has 6 heteroatoms. The molecule has 110 valence electrons. The van der Waals surface area contributed by atoms with Gasteiger partial charge in [-0.25, -0.2) is 0 Å². The lowest BCUT2D eigenvalue weighted by atomic mass is 10.0. The minimum atomic E-state index is -0.510. The first-order valence-electron chi connectivity index (χ1n) is 6.67. The molecule has 0 saturated carbocycles. The maximum absolute atomic E-state index is 12.0. The molecule has 0 aliphatic carbocycles. The average molecular weight is 299 g/mol. The van der Waals surface area contributed by atoms with Gasteiger partial charge in [0, 0.05) is 30.1 Å². The molecule has 1 atom stereocenters. The first-order chi connectivity index (χ1) is 9.58. The average Bonchev–Trinajstić information content (AvgIpc) is 2.45. The van der Waals surface area contributed by atoms with Crippen LogP contribution >= 0.6 is 11.6 Å². The number of hydrogen-bond donors (Lipinski definition) is 1. The van der Waals surface area contributed by atoms with E-state index in [-0.39, 0.29) is 11.6 Å². The molecule has 1 amide bonds. The predicted molar refractivity (Wildman–Crippen MR) is 79.2 cm³/mol. The van der Waals surface area contributed by atoms with Crippen molar-refractivity contribution in [3.8, 4) is 0 Å². The normalized spacial score (nSPS) is 11.9. The number of halogens is 1. The molecule has 1 unspecified atom stereocenters. The van der Waals surface area contributed by atoms with Crippen molar-refractivity contribution < 1.29 is 9.72 Å². The monoisotopic (exact) mass is 298 g/mol. The Bertz CT molecular complexity index is 459. The van der Waals surface area contributed by atoms with Crippen molar-refractivity contribution in [2.75, 3.05) is 12.4 Å². The van der Waals surface area contributed by atoms with Crippen LogP contribution in [0.3, 0.4) is 0 Å². The Morgan fingerprint density at radius 2 is 2.20 bits per heavy atom. The molecule has 1 rings (SSSR count). The molecule has 0 fully saturated rings. The van der Waals surface area contributed by atoms with Gasteiger partial charge in [-0.1, -0.05) is 19.4 Å². The minimum absolute atomic E-state index is 0.0801. The molecule has 20 heavy (non-hydrogen) atoms. The molecule has 0 radical (unpaired) electrons. The molecule has 1 N–H and O–H groups in total. The Morgan fingerprint density at radius 1 is 1.45 bits per heavy atom. The van der Waals surface area contributed by atoms with Crippen molar-refractivity contribution in [3.05, 3.63) is 39.9 Å². The zero-order chi connectivity index (χ0) is 15.0. The Labute approximate surface area is 123 Å². The van der Waals surface area contributed by atoms with Gasteiger partial charge < -0.3 is 5.32 Å². The van der Waals surface area contributed by atoms with E-state index >= 15 is 0 Å². The molecule has 1 aromatic rings. The SMILES string of the molecule is CCCC(CCCl)CNC(=O)c1cccc([N+](=O)[O-])c1.